The maximum absolute atomic E-state index is 12.2. The van der Waals surface area contributed by atoms with Gasteiger partial charge in [-0.2, -0.15) is 0 Å². The Morgan fingerprint density at radius 2 is 2.00 bits per heavy atom. The quantitative estimate of drug-likeness (QED) is 0.841. The fourth-order valence-electron chi connectivity index (χ4n) is 3.88. The molecule has 2 fully saturated rings. The number of hydrogen-bond donors (Lipinski definition) is 2. The minimum atomic E-state index is -0.267. The standard InChI is InChI=1S/C19H24N4O2S/c24-17-13-22(12-16(17)23-8-1-2-9-23)11-14-3-5-15(6-4-14)18(25)21-19-20-7-10-26-19/h3-7,10,16-17,24H,1-2,8-9,11-13H2,(H,20,21,25)/t16-,17-/m0/s1. The van der Waals surface area contributed by atoms with Crippen molar-refractivity contribution < 1.29 is 9.90 Å². The van der Waals surface area contributed by atoms with Crippen LogP contribution >= 0.6 is 11.3 Å². The van der Waals surface area contributed by atoms with Crippen molar-refractivity contribution in [1.82, 2.24) is 14.8 Å². The SMILES string of the molecule is O=C(Nc1nccs1)c1ccc(CN2C[C@H](O)[C@@H](N3CCCC3)C2)cc1. The van der Waals surface area contributed by atoms with Crippen LogP contribution < -0.4 is 5.32 Å². The highest BCUT2D eigenvalue weighted by Gasteiger charge is 2.36. The van der Waals surface area contributed by atoms with Gasteiger partial charge in [-0.05, 0) is 43.6 Å². The molecule has 2 aliphatic heterocycles. The van der Waals surface area contributed by atoms with Crippen molar-refractivity contribution in [1.29, 1.82) is 0 Å². The van der Waals surface area contributed by atoms with Crippen LogP contribution in [-0.4, -0.2) is 64.1 Å². The number of hydrogen-bond acceptors (Lipinski definition) is 6. The van der Waals surface area contributed by atoms with E-state index in [1.54, 1.807) is 6.20 Å². The van der Waals surface area contributed by atoms with Crippen LogP contribution in [0, 0.1) is 0 Å². The van der Waals surface area contributed by atoms with Crippen LogP contribution in [0.3, 0.4) is 0 Å². The maximum Gasteiger partial charge on any atom is 0.257 e. The number of benzene rings is 1. The van der Waals surface area contributed by atoms with Crippen molar-refractivity contribution in [2.24, 2.45) is 0 Å². The van der Waals surface area contributed by atoms with Crippen molar-refractivity contribution in [3.63, 3.8) is 0 Å². The Morgan fingerprint density at radius 1 is 1.23 bits per heavy atom. The summed E-state index contributed by atoms with van der Waals surface area (Å²) in [5.41, 5.74) is 1.78. The number of rotatable bonds is 5. The van der Waals surface area contributed by atoms with E-state index in [9.17, 15) is 9.90 Å². The number of thiazole rings is 1. The summed E-state index contributed by atoms with van der Waals surface area (Å²) < 4.78 is 0. The number of β-amino-alcohol motifs (C(OH)–C–C–N with tert-alkyl or cyclic N) is 1. The Hall–Kier alpha value is -1.80. The normalized spacial score (nSPS) is 24.2. The molecule has 0 aliphatic carbocycles. The highest BCUT2D eigenvalue weighted by molar-refractivity contribution is 7.13. The van der Waals surface area contributed by atoms with E-state index in [1.165, 1.54) is 24.2 Å². The molecule has 2 atom stereocenters. The van der Waals surface area contributed by atoms with Crippen LogP contribution in [0.5, 0.6) is 0 Å². The number of aromatic nitrogens is 1. The second kappa shape index (κ2) is 7.84. The zero-order valence-electron chi connectivity index (χ0n) is 14.7. The predicted octanol–water partition coefficient (Wildman–Crippen LogP) is 2.04. The average molecular weight is 372 g/mol. The Bertz CT molecular complexity index is 729. The lowest BCUT2D eigenvalue weighted by molar-refractivity contribution is 0.0978. The van der Waals surface area contributed by atoms with Crippen molar-refractivity contribution in [2.45, 2.75) is 31.5 Å². The van der Waals surface area contributed by atoms with Crippen LogP contribution in [0.1, 0.15) is 28.8 Å². The van der Waals surface area contributed by atoms with Crippen LogP contribution in [-0.2, 0) is 6.54 Å². The van der Waals surface area contributed by atoms with E-state index in [0.29, 0.717) is 17.2 Å². The number of aliphatic hydroxyl groups is 1. The molecule has 1 aromatic heterocycles. The Balaban J connectivity index is 1.33. The third-order valence-electron chi connectivity index (χ3n) is 5.22. The van der Waals surface area contributed by atoms with E-state index in [-0.39, 0.29) is 18.1 Å². The molecule has 3 heterocycles. The van der Waals surface area contributed by atoms with Crippen molar-refractivity contribution in [3.05, 3.63) is 47.0 Å². The van der Waals surface area contributed by atoms with Gasteiger partial charge in [0.05, 0.1) is 6.10 Å². The van der Waals surface area contributed by atoms with E-state index < -0.39 is 0 Å². The molecule has 2 N–H and O–H groups in total. The first-order valence-electron chi connectivity index (χ1n) is 9.13. The molecule has 0 saturated carbocycles. The van der Waals surface area contributed by atoms with Crippen LogP contribution in [0.25, 0.3) is 0 Å². The third kappa shape index (κ3) is 3.96. The van der Waals surface area contributed by atoms with Crippen LogP contribution in [0.15, 0.2) is 35.8 Å². The van der Waals surface area contributed by atoms with Crippen LogP contribution in [0.4, 0.5) is 5.13 Å². The molecule has 6 nitrogen and oxygen atoms in total. The number of anilines is 1. The van der Waals surface area contributed by atoms with Gasteiger partial charge in [-0.15, -0.1) is 11.3 Å². The fourth-order valence-corrected chi connectivity index (χ4v) is 4.41. The van der Waals surface area contributed by atoms with Gasteiger partial charge in [0.15, 0.2) is 5.13 Å². The summed E-state index contributed by atoms with van der Waals surface area (Å²) in [5.74, 6) is -0.141. The second-order valence-electron chi connectivity index (χ2n) is 7.06. The molecule has 0 spiro atoms. The topological polar surface area (TPSA) is 68.7 Å². The van der Waals surface area contributed by atoms with E-state index in [2.05, 4.69) is 20.1 Å². The Labute approximate surface area is 157 Å². The summed E-state index contributed by atoms with van der Waals surface area (Å²) in [6.45, 7) is 4.65. The summed E-state index contributed by atoms with van der Waals surface area (Å²) in [5, 5.41) is 15.6. The van der Waals surface area contributed by atoms with Gasteiger partial charge in [-0.1, -0.05) is 12.1 Å². The highest BCUT2D eigenvalue weighted by Crippen LogP contribution is 2.22. The number of carbonyl (C=O) groups is 1. The maximum atomic E-state index is 12.2. The fraction of sp³-hybridized carbons (Fsp3) is 0.474. The number of aliphatic hydroxyl groups excluding tert-OH is 1. The molecule has 7 heteroatoms. The zero-order valence-corrected chi connectivity index (χ0v) is 15.5. The lowest BCUT2D eigenvalue weighted by atomic mass is 10.1. The second-order valence-corrected chi connectivity index (χ2v) is 7.95. The molecule has 0 unspecified atom stereocenters. The zero-order chi connectivity index (χ0) is 17.9. The van der Waals surface area contributed by atoms with Crippen molar-refractivity contribution in [3.8, 4) is 0 Å². The largest absolute Gasteiger partial charge is 0.390 e. The number of likely N-dealkylation sites (tertiary alicyclic amines) is 2. The van der Waals surface area contributed by atoms with Gasteiger partial charge in [-0.3, -0.25) is 19.9 Å². The molecule has 2 aliphatic rings. The van der Waals surface area contributed by atoms with Crippen LogP contribution in [0.2, 0.25) is 0 Å². The number of nitrogens with one attached hydrogen (secondary N) is 1. The minimum Gasteiger partial charge on any atom is -0.390 e. The minimum absolute atomic E-state index is 0.141. The molecule has 4 rings (SSSR count). The van der Waals surface area contributed by atoms with Gasteiger partial charge in [0.25, 0.3) is 5.91 Å². The van der Waals surface area contributed by atoms with Gasteiger partial charge in [0, 0.05) is 42.8 Å². The molecule has 1 aromatic carbocycles. The molecule has 26 heavy (non-hydrogen) atoms. The average Bonchev–Trinajstić information content (AvgIpc) is 3.38. The molecule has 2 saturated heterocycles. The number of carbonyl (C=O) groups excluding carboxylic acids is 1. The summed E-state index contributed by atoms with van der Waals surface area (Å²) >= 11 is 1.40. The monoisotopic (exact) mass is 372 g/mol. The van der Waals surface area contributed by atoms with Crippen molar-refractivity contribution >= 4 is 22.4 Å². The molecule has 0 radical (unpaired) electrons. The molecule has 138 valence electrons. The first kappa shape index (κ1) is 17.6. The van der Waals surface area contributed by atoms with Gasteiger partial charge >= 0.3 is 0 Å². The molecule has 0 bridgehead atoms. The lowest BCUT2D eigenvalue weighted by Crippen LogP contribution is -2.41. The van der Waals surface area contributed by atoms with E-state index in [1.807, 2.05) is 29.6 Å². The van der Waals surface area contributed by atoms with Gasteiger partial charge in [-0.25, -0.2) is 4.98 Å². The van der Waals surface area contributed by atoms with E-state index in [4.69, 9.17) is 0 Å². The van der Waals surface area contributed by atoms with E-state index in [0.717, 1.165) is 31.7 Å². The number of amides is 1. The molecular formula is C19H24N4O2S. The summed E-state index contributed by atoms with van der Waals surface area (Å²) in [6, 6.07) is 7.95. The summed E-state index contributed by atoms with van der Waals surface area (Å²) in [4.78, 5) is 21.0. The van der Waals surface area contributed by atoms with Gasteiger partial charge in [0.2, 0.25) is 0 Å². The Kier molecular flexibility index (Phi) is 5.31. The predicted molar refractivity (Wildman–Crippen MR) is 102 cm³/mol. The Morgan fingerprint density at radius 3 is 2.69 bits per heavy atom. The highest BCUT2D eigenvalue weighted by atomic mass is 32.1. The molecular weight excluding hydrogens is 348 g/mol. The third-order valence-corrected chi connectivity index (χ3v) is 5.91. The van der Waals surface area contributed by atoms with Crippen molar-refractivity contribution in [2.75, 3.05) is 31.5 Å². The van der Waals surface area contributed by atoms with E-state index >= 15 is 0 Å². The molecule has 1 amide bonds. The first-order chi connectivity index (χ1) is 12.7. The number of nitrogens with zero attached hydrogens (tertiary/aromatic N) is 3. The summed E-state index contributed by atoms with van der Waals surface area (Å²) in [7, 11) is 0. The smallest absolute Gasteiger partial charge is 0.257 e. The summed E-state index contributed by atoms with van der Waals surface area (Å²) in [6.07, 6.45) is 3.89. The molecule has 2 aromatic rings. The first-order valence-corrected chi connectivity index (χ1v) is 10.0. The van der Waals surface area contributed by atoms with Gasteiger partial charge < -0.3 is 5.11 Å². The van der Waals surface area contributed by atoms with Gasteiger partial charge in [0.1, 0.15) is 0 Å². The lowest BCUT2D eigenvalue weighted by Gasteiger charge is -2.25.